The van der Waals surface area contributed by atoms with Gasteiger partial charge in [0.05, 0.1) is 24.5 Å². The SMILES string of the molecule is CN1C(=NC#N)COc2cc(N3CC(CNC(=O)OC(C)(C)C)OC3=O)ccc21. The summed E-state index contributed by atoms with van der Waals surface area (Å²) in [5.41, 5.74) is 0.753. The molecule has 0 aromatic heterocycles. The average Bonchev–Trinajstić information content (AvgIpc) is 3.01. The van der Waals surface area contributed by atoms with Gasteiger partial charge in [0.2, 0.25) is 6.19 Å². The molecule has 1 aromatic carbocycles. The van der Waals surface area contributed by atoms with E-state index in [1.165, 1.54) is 4.90 Å². The van der Waals surface area contributed by atoms with Crippen molar-refractivity contribution >= 4 is 29.4 Å². The van der Waals surface area contributed by atoms with Crippen LogP contribution in [-0.2, 0) is 9.47 Å². The maximum Gasteiger partial charge on any atom is 0.414 e. The molecule has 1 saturated heterocycles. The molecular weight excluding hydrogens is 378 g/mol. The molecule has 0 bridgehead atoms. The summed E-state index contributed by atoms with van der Waals surface area (Å²) < 4.78 is 16.2. The Hall–Kier alpha value is -3.48. The number of ether oxygens (including phenoxy) is 3. The van der Waals surface area contributed by atoms with Gasteiger partial charge < -0.3 is 24.4 Å². The van der Waals surface area contributed by atoms with Crippen LogP contribution in [0.25, 0.3) is 0 Å². The largest absolute Gasteiger partial charge is 0.483 e. The number of nitriles is 1. The van der Waals surface area contributed by atoms with Gasteiger partial charge in [0, 0.05) is 13.1 Å². The minimum absolute atomic E-state index is 0.148. The van der Waals surface area contributed by atoms with Gasteiger partial charge in [-0.25, -0.2) is 9.59 Å². The first-order chi connectivity index (χ1) is 13.7. The average molecular weight is 401 g/mol. The molecule has 1 unspecified atom stereocenters. The van der Waals surface area contributed by atoms with Gasteiger partial charge >= 0.3 is 12.2 Å². The Morgan fingerprint density at radius 3 is 2.90 bits per heavy atom. The number of alkyl carbamates (subject to hydrolysis) is 1. The molecule has 0 radical (unpaired) electrons. The third-order valence-electron chi connectivity index (χ3n) is 4.29. The normalized spacial score (nSPS) is 19.9. The molecular formula is C19H23N5O5. The Bertz CT molecular complexity index is 886. The van der Waals surface area contributed by atoms with E-state index in [9.17, 15) is 9.59 Å². The summed E-state index contributed by atoms with van der Waals surface area (Å²) in [6, 6.07) is 5.29. The summed E-state index contributed by atoms with van der Waals surface area (Å²) >= 11 is 0. The fourth-order valence-electron chi connectivity index (χ4n) is 2.96. The van der Waals surface area contributed by atoms with Crippen molar-refractivity contribution in [3.05, 3.63) is 18.2 Å². The summed E-state index contributed by atoms with van der Waals surface area (Å²) in [6.07, 6.45) is 0.194. The number of carbonyl (C=O) groups is 2. The molecule has 1 fully saturated rings. The fourth-order valence-corrected chi connectivity index (χ4v) is 2.96. The molecule has 1 aromatic rings. The van der Waals surface area contributed by atoms with Crippen LogP contribution in [0.5, 0.6) is 5.75 Å². The Labute approximate surface area is 168 Å². The number of likely N-dealkylation sites (N-methyl/N-ethyl adjacent to an activating group) is 1. The number of amides is 2. The minimum Gasteiger partial charge on any atom is -0.483 e. The summed E-state index contributed by atoms with van der Waals surface area (Å²) in [7, 11) is 1.79. The predicted octanol–water partition coefficient (Wildman–Crippen LogP) is 2.24. The van der Waals surface area contributed by atoms with E-state index >= 15 is 0 Å². The highest BCUT2D eigenvalue weighted by Crippen LogP contribution is 2.36. The van der Waals surface area contributed by atoms with Crippen molar-refractivity contribution in [1.82, 2.24) is 5.32 Å². The van der Waals surface area contributed by atoms with E-state index < -0.39 is 23.9 Å². The number of nitrogens with one attached hydrogen (secondary N) is 1. The molecule has 2 heterocycles. The van der Waals surface area contributed by atoms with Crippen LogP contribution in [0.1, 0.15) is 20.8 Å². The Kier molecular flexibility index (Phi) is 5.50. The van der Waals surface area contributed by atoms with Crippen molar-refractivity contribution in [1.29, 1.82) is 5.26 Å². The van der Waals surface area contributed by atoms with Crippen molar-refractivity contribution in [3.8, 4) is 11.9 Å². The number of cyclic esters (lactones) is 1. The number of nitrogens with zero attached hydrogens (tertiary/aromatic N) is 4. The zero-order valence-corrected chi connectivity index (χ0v) is 16.8. The molecule has 10 heteroatoms. The topological polar surface area (TPSA) is 116 Å². The lowest BCUT2D eigenvalue weighted by Gasteiger charge is -2.29. The predicted molar refractivity (Wildman–Crippen MR) is 105 cm³/mol. The second kappa shape index (κ2) is 7.87. The molecule has 1 N–H and O–H groups in total. The number of anilines is 2. The van der Waals surface area contributed by atoms with Crippen LogP contribution in [0.2, 0.25) is 0 Å². The number of hydrogen-bond acceptors (Lipinski definition) is 7. The van der Waals surface area contributed by atoms with Crippen LogP contribution >= 0.6 is 0 Å². The number of carbonyl (C=O) groups excluding carboxylic acids is 2. The van der Waals surface area contributed by atoms with Gasteiger partial charge in [-0.1, -0.05) is 0 Å². The highest BCUT2D eigenvalue weighted by Gasteiger charge is 2.34. The maximum atomic E-state index is 12.3. The van der Waals surface area contributed by atoms with E-state index in [0.717, 1.165) is 5.69 Å². The first-order valence-electron chi connectivity index (χ1n) is 9.09. The highest BCUT2D eigenvalue weighted by molar-refractivity contribution is 6.02. The molecule has 10 nitrogen and oxygen atoms in total. The van der Waals surface area contributed by atoms with Crippen molar-refractivity contribution in [2.75, 3.05) is 36.5 Å². The van der Waals surface area contributed by atoms with E-state index in [0.29, 0.717) is 17.3 Å². The number of amidine groups is 1. The monoisotopic (exact) mass is 401 g/mol. The lowest BCUT2D eigenvalue weighted by molar-refractivity contribution is 0.0496. The number of aliphatic imine (C=N–C) groups is 1. The molecule has 2 aliphatic heterocycles. The smallest absolute Gasteiger partial charge is 0.414 e. The van der Waals surface area contributed by atoms with E-state index in [1.54, 1.807) is 57.1 Å². The summed E-state index contributed by atoms with van der Waals surface area (Å²) in [5.74, 6) is 1.08. The second-order valence-electron chi connectivity index (χ2n) is 7.63. The first kappa shape index (κ1) is 20.3. The van der Waals surface area contributed by atoms with E-state index in [-0.39, 0.29) is 19.7 Å². The van der Waals surface area contributed by atoms with E-state index in [1.807, 2.05) is 0 Å². The van der Waals surface area contributed by atoms with Gasteiger partial charge in [0.25, 0.3) is 0 Å². The van der Waals surface area contributed by atoms with Crippen LogP contribution in [0.4, 0.5) is 21.0 Å². The molecule has 154 valence electrons. The van der Waals surface area contributed by atoms with Crippen LogP contribution in [0.3, 0.4) is 0 Å². The van der Waals surface area contributed by atoms with Gasteiger partial charge in [0.15, 0.2) is 5.84 Å². The van der Waals surface area contributed by atoms with Crippen molar-refractivity contribution in [3.63, 3.8) is 0 Å². The number of rotatable bonds is 3. The van der Waals surface area contributed by atoms with Crippen molar-refractivity contribution in [2.24, 2.45) is 4.99 Å². The second-order valence-corrected chi connectivity index (χ2v) is 7.63. The Morgan fingerprint density at radius 1 is 1.45 bits per heavy atom. The Morgan fingerprint density at radius 2 is 2.21 bits per heavy atom. The third kappa shape index (κ3) is 4.68. The third-order valence-corrected chi connectivity index (χ3v) is 4.29. The summed E-state index contributed by atoms with van der Waals surface area (Å²) in [4.78, 5) is 31.0. The van der Waals surface area contributed by atoms with Gasteiger partial charge in [-0.2, -0.15) is 10.3 Å². The molecule has 1 atom stereocenters. The van der Waals surface area contributed by atoms with E-state index in [4.69, 9.17) is 19.5 Å². The van der Waals surface area contributed by atoms with Gasteiger partial charge in [-0.15, -0.1) is 0 Å². The van der Waals surface area contributed by atoms with Gasteiger partial charge in [-0.3, -0.25) is 4.90 Å². The van der Waals surface area contributed by atoms with Crippen molar-refractivity contribution in [2.45, 2.75) is 32.5 Å². The molecule has 3 rings (SSSR count). The van der Waals surface area contributed by atoms with Crippen molar-refractivity contribution < 1.29 is 23.8 Å². The highest BCUT2D eigenvalue weighted by atomic mass is 16.6. The van der Waals surface area contributed by atoms with Crippen LogP contribution in [0.15, 0.2) is 23.2 Å². The van der Waals surface area contributed by atoms with Crippen LogP contribution in [-0.4, -0.2) is 56.5 Å². The molecule has 2 amide bonds. The zero-order valence-electron chi connectivity index (χ0n) is 16.8. The minimum atomic E-state index is -0.601. The van der Waals surface area contributed by atoms with Gasteiger partial charge in [0.1, 0.15) is 24.1 Å². The Balaban J connectivity index is 1.65. The summed E-state index contributed by atoms with van der Waals surface area (Å²) in [6.45, 7) is 5.91. The standard InChI is InChI=1S/C19H23N5O5/c1-19(2,3)29-17(25)21-8-13-9-24(18(26)28-13)12-5-6-14-15(7-12)27-10-16(22-11-20)23(14)4/h5-7,13H,8-10H2,1-4H3,(H,21,25). The molecule has 0 spiro atoms. The lowest BCUT2D eigenvalue weighted by Crippen LogP contribution is -2.38. The zero-order chi connectivity index (χ0) is 21.2. The maximum absolute atomic E-state index is 12.3. The van der Waals surface area contributed by atoms with Crippen LogP contribution < -0.4 is 19.9 Å². The number of fused-ring (bicyclic) bond motifs is 1. The molecule has 0 aliphatic carbocycles. The molecule has 29 heavy (non-hydrogen) atoms. The number of benzene rings is 1. The lowest BCUT2D eigenvalue weighted by atomic mass is 10.2. The van der Waals surface area contributed by atoms with Gasteiger partial charge in [-0.05, 0) is 32.9 Å². The molecule has 0 saturated carbocycles. The summed E-state index contributed by atoms with van der Waals surface area (Å²) in [5, 5.41) is 11.4. The van der Waals surface area contributed by atoms with E-state index in [2.05, 4.69) is 10.3 Å². The first-order valence-corrected chi connectivity index (χ1v) is 9.09. The quantitative estimate of drug-likeness (QED) is 0.772. The molecule has 2 aliphatic rings. The number of hydrogen-bond donors (Lipinski definition) is 1. The fraction of sp³-hybridized carbons (Fsp3) is 0.474. The van der Waals surface area contributed by atoms with Crippen LogP contribution in [0, 0.1) is 11.5 Å².